The molecule has 100 valence electrons. The van der Waals surface area contributed by atoms with Gasteiger partial charge in [0.2, 0.25) is 5.95 Å². The molecule has 0 spiro atoms. The van der Waals surface area contributed by atoms with Crippen LogP contribution in [0, 0.1) is 6.92 Å². The molecular weight excluding hydrogens is 257 g/mol. The van der Waals surface area contributed by atoms with Crippen LogP contribution in [0.25, 0.3) is 0 Å². The lowest BCUT2D eigenvalue weighted by atomic mass is 10.3. The SMILES string of the molecule is Cc1cccc(CNc2nccc(C(F)(F)F)n2)n1. The molecule has 0 bridgehead atoms. The average Bonchev–Trinajstić information content (AvgIpc) is 2.36. The van der Waals surface area contributed by atoms with Crippen molar-refractivity contribution in [2.75, 3.05) is 5.32 Å². The van der Waals surface area contributed by atoms with E-state index in [0.29, 0.717) is 5.69 Å². The Balaban J connectivity index is 2.08. The Kier molecular flexibility index (Phi) is 3.64. The number of anilines is 1. The molecule has 0 radical (unpaired) electrons. The van der Waals surface area contributed by atoms with Crippen molar-refractivity contribution in [1.82, 2.24) is 15.0 Å². The second kappa shape index (κ2) is 5.21. The average molecular weight is 268 g/mol. The molecule has 0 aliphatic rings. The minimum Gasteiger partial charge on any atom is -0.349 e. The summed E-state index contributed by atoms with van der Waals surface area (Å²) in [5.74, 6) is -0.0712. The lowest BCUT2D eigenvalue weighted by Crippen LogP contribution is -2.12. The van der Waals surface area contributed by atoms with E-state index in [9.17, 15) is 13.2 Å². The zero-order valence-electron chi connectivity index (χ0n) is 10.1. The summed E-state index contributed by atoms with van der Waals surface area (Å²) in [5, 5.41) is 2.72. The van der Waals surface area contributed by atoms with E-state index in [0.717, 1.165) is 18.0 Å². The number of halogens is 3. The normalized spacial score (nSPS) is 11.4. The van der Waals surface area contributed by atoms with Crippen molar-refractivity contribution in [1.29, 1.82) is 0 Å². The van der Waals surface area contributed by atoms with Gasteiger partial charge < -0.3 is 5.32 Å². The molecule has 7 heteroatoms. The third-order valence-electron chi connectivity index (χ3n) is 2.32. The van der Waals surface area contributed by atoms with Gasteiger partial charge in [0.25, 0.3) is 0 Å². The number of aryl methyl sites for hydroxylation is 1. The largest absolute Gasteiger partial charge is 0.433 e. The molecule has 0 aliphatic heterocycles. The second-order valence-corrected chi connectivity index (χ2v) is 3.89. The molecule has 1 N–H and O–H groups in total. The highest BCUT2D eigenvalue weighted by molar-refractivity contribution is 5.27. The minimum absolute atomic E-state index is 0.0712. The molecule has 0 amide bonds. The van der Waals surface area contributed by atoms with Crippen LogP contribution < -0.4 is 5.32 Å². The number of hydrogen-bond donors (Lipinski definition) is 1. The number of aromatic nitrogens is 3. The van der Waals surface area contributed by atoms with Gasteiger partial charge in [-0.25, -0.2) is 9.97 Å². The molecule has 0 atom stereocenters. The summed E-state index contributed by atoms with van der Waals surface area (Å²) in [6, 6.07) is 6.26. The monoisotopic (exact) mass is 268 g/mol. The fourth-order valence-corrected chi connectivity index (χ4v) is 1.47. The summed E-state index contributed by atoms with van der Waals surface area (Å²) in [4.78, 5) is 11.4. The van der Waals surface area contributed by atoms with Crippen LogP contribution in [-0.2, 0) is 12.7 Å². The van der Waals surface area contributed by atoms with Crippen LogP contribution in [-0.4, -0.2) is 15.0 Å². The fourth-order valence-electron chi connectivity index (χ4n) is 1.47. The number of nitrogens with one attached hydrogen (secondary N) is 1. The minimum atomic E-state index is -4.47. The first-order chi connectivity index (χ1) is 8.95. The second-order valence-electron chi connectivity index (χ2n) is 3.89. The third-order valence-corrected chi connectivity index (χ3v) is 2.32. The number of hydrogen-bond acceptors (Lipinski definition) is 4. The van der Waals surface area contributed by atoms with Crippen LogP contribution in [0.2, 0.25) is 0 Å². The van der Waals surface area contributed by atoms with Gasteiger partial charge in [0.1, 0.15) is 5.69 Å². The first-order valence-corrected chi connectivity index (χ1v) is 5.52. The summed E-state index contributed by atoms with van der Waals surface area (Å²) in [7, 11) is 0. The highest BCUT2D eigenvalue weighted by atomic mass is 19.4. The van der Waals surface area contributed by atoms with E-state index < -0.39 is 11.9 Å². The smallest absolute Gasteiger partial charge is 0.349 e. The van der Waals surface area contributed by atoms with Crippen LogP contribution in [0.3, 0.4) is 0 Å². The Bertz CT molecular complexity index is 569. The van der Waals surface area contributed by atoms with E-state index in [1.54, 1.807) is 6.07 Å². The topological polar surface area (TPSA) is 50.7 Å². The standard InChI is InChI=1S/C12H11F3N4/c1-8-3-2-4-9(18-8)7-17-11-16-6-5-10(19-11)12(13,14)15/h2-6H,7H2,1H3,(H,16,17,19). The highest BCUT2D eigenvalue weighted by Gasteiger charge is 2.32. The van der Waals surface area contributed by atoms with E-state index in [-0.39, 0.29) is 12.5 Å². The van der Waals surface area contributed by atoms with Crippen molar-refractivity contribution in [2.24, 2.45) is 0 Å². The van der Waals surface area contributed by atoms with Gasteiger partial charge in [-0.05, 0) is 25.1 Å². The predicted molar refractivity (Wildman–Crippen MR) is 63.3 cm³/mol. The van der Waals surface area contributed by atoms with E-state index in [4.69, 9.17) is 0 Å². The zero-order chi connectivity index (χ0) is 13.9. The lowest BCUT2D eigenvalue weighted by molar-refractivity contribution is -0.141. The van der Waals surface area contributed by atoms with Gasteiger partial charge >= 0.3 is 6.18 Å². The van der Waals surface area contributed by atoms with Crippen molar-refractivity contribution >= 4 is 5.95 Å². The maximum absolute atomic E-state index is 12.5. The molecule has 0 fully saturated rings. The van der Waals surface area contributed by atoms with Crippen molar-refractivity contribution in [3.05, 3.63) is 47.5 Å². The van der Waals surface area contributed by atoms with Crippen LogP contribution >= 0.6 is 0 Å². The van der Waals surface area contributed by atoms with E-state index in [2.05, 4.69) is 20.3 Å². The molecule has 2 rings (SSSR count). The fraction of sp³-hybridized carbons (Fsp3) is 0.250. The Morgan fingerprint density at radius 3 is 2.63 bits per heavy atom. The van der Waals surface area contributed by atoms with Crippen LogP contribution in [0.1, 0.15) is 17.1 Å². The highest BCUT2D eigenvalue weighted by Crippen LogP contribution is 2.27. The van der Waals surface area contributed by atoms with Gasteiger partial charge in [0.15, 0.2) is 0 Å². The Morgan fingerprint density at radius 1 is 1.16 bits per heavy atom. The zero-order valence-corrected chi connectivity index (χ0v) is 10.1. The summed E-state index contributed by atoms with van der Waals surface area (Å²) >= 11 is 0. The first kappa shape index (κ1) is 13.3. The summed E-state index contributed by atoms with van der Waals surface area (Å²) < 4.78 is 37.4. The molecule has 0 aliphatic carbocycles. The van der Waals surface area contributed by atoms with E-state index >= 15 is 0 Å². The van der Waals surface area contributed by atoms with Crippen molar-refractivity contribution in [3.8, 4) is 0 Å². The van der Waals surface area contributed by atoms with Crippen molar-refractivity contribution < 1.29 is 13.2 Å². The quantitative estimate of drug-likeness (QED) is 0.930. The third kappa shape index (κ3) is 3.64. The maximum atomic E-state index is 12.5. The van der Waals surface area contributed by atoms with Crippen LogP contribution in [0.15, 0.2) is 30.5 Å². The van der Waals surface area contributed by atoms with Gasteiger partial charge in [-0.15, -0.1) is 0 Å². The molecule has 0 saturated heterocycles. The molecule has 0 unspecified atom stereocenters. The Hall–Kier alpha value is -2.18. The van der Waals surface area contributed by atoms with Crippen molar-refractivity contribution in [2.45, 2.75) is 19.6 Å². The number of alkyl halides is 3. The predicted octanol–water partition coefficient (Wildman–Crippen LogP) is 2.81. The molecule has 0 saturated carbocycles. The molecule has 19 heavy (non-hydrogen) atoms. The summed E-state index contributed by atoms with van der Waals surface area (Å²) in [6.07, 6.45) is -3.40. The molecule has 2 aromatic rings. The van der Waals surface area contributed by atoms with Crippen LogP contribution in [0.4, 0.5) is 19.1 Å². The summed E-state index contributed by atoms with van der Waals surface area (Å²) in [6.45, 7) is 2.10. The van der Waals surface area contributed by atoms with Crippen LogP contribution in [0.5, 0.6) is 0 Å². The molecule has 0 aromatic carbocycles. The summed E-state index contributed by atoms with van der Waals surface area (Å²) in [5.41, 5.74) is 0.576. The molecule has 4 nitrogen and oxygen atoms in total. The maximum Gasteiger partial charge on any atom is 0.433 e. The van der Waals surface area contributed by atoms with Gasteiger partial charge in [-0.1, -0.05) is 6.07 Å². The van der Waals surface area contributed by atoms with E-state index in [1.807, 2.05) is 19.1 Å². The number of rotatable bonds is 3. The van der Waals surface area contributed by atoms with Gasteiger partial charge in [0.05, 0.1) is 12.2 Å². The Morgan fingerprint density at radius 2 is 1.95 bits per heavy atom. The molecular formula is C12H11F3N4. The lowest BCUT2D eigenvalue weighted by Gasteiger charge is -2.08. The van der Waals surface area contributed by atoms with Gasteiger partial charge in [-0.3, -0.25) is 4.98 Å². The van der Waals surface area contributed by atoms with Crippen molar-refractivity contribution in [3.63, 3.8) is 0 Å². The van der Waals surface area contributed by atoms with Gasteiger partial charge in [-0.2, -0.15) is 13.2 Å². The first-order valence-electron chi connectivity index (χ1n) is 5.52. The number of nitrogens with zero attached hydrogens (tertiary/aromatic N) is 3. The number of pyridine rings is 1. The van der Waals surface area contributed by atoms with E-state index in [1.165, 1.54) is 0 Å². The molecule has 2 aromatic heterocycles. The molecule has 2 heterocycles. The van der Waals surface area contributed by atoms with Gasteiger partial charge in [0, 0.05) is 11.9 Å². The Labute approximate surface area is 107 Å².